The third-order valence-corrected chi connectivity index (χ3v) is 5.75. The molecule has 0 spiro atoms. The van der Waals surface area contributed by atoms with Gasteiger partial charge in [-0.3, -0.25) is 0 Å². The maximum atomic E-state index is 14.2. The lowest BCUT2D eigenvalue weighted by Crippen LogP contribution is -2.43. The van der Waals surface area contributed by atoms with Crippen LogP contribution in [0.5, 0.6) is 0 Å². The summed E-state index contributed by atoms with van der Waals surface area (Å²) in [4.78, 5) is 0. The molecule has 0 aliphatic carbocycles. The van der Waals surface area contributed by atoms with E-state index >= 15 is 0 Å². The predicted octanol–water partition coefficient (Wildman–Crippen LogP) is 2.38. The summed E-state index contributed by atoms with van der Waals surface area (Å²) in [6, 6.07) is 9.49. The van der Waals surface area contributed by atoms with E-state index < -0.39 is 16.1 Å². The van der Waals surface area contributed by atoms with E-state index in [-0.39, 0.29) is 11.6 Å². The Morgan fingerprint density at radius 3 is 2.67 bits per heavy atom. The van der Waals surface area contributed by atoms with E-state index in [9.17, 15) is 12.8 Å². The second-order valence-corrected chi connectivity index (χ2v) is 7.27. The summed E-state index contributed by atoms with van der Waals surface area (Å²) in [5.41, 5.74) is 1.21. The van der Waals surface area contributed by atoms with Gasteiger partial charge in [-0.2, -0.15) is 4.31 Å². The molecule has 21 heavy (non-hydrogen) atoms. The second kappa shape index (κ2) is 5.27. The third kappa shape index (κ3) is 2.38. The van der Waals surface area contributed by atoms with Gasteiger partial charge in [-0.1, -0.05) is 18.2 Å². The molecule has 0 radical (unpaired) electrons. The van der Waals surface area contributed by atoms with Gasteiger partial charge in [0, 0.05) is 30.5 Å². The molecule has 1 aromatic heterocycles. The highest BCUT2D eigenvalue weighted by molar-refractivity contribution is 7.89. The lowest BCUT2D eigenvalue weighted by atomic mass is 10.0. The Morgan fingerprint density at radius 2 is 1.95 bits per heavy atom. The lowest BCUT2D eigenvalue weighted by molar-refractivity contribution is 0.293. The van der Waals surface area contributed by atoms with E-state index in [0.29, 0.717) is 18.7 Å². The maximum Gasteiger partial charge on any atom is 0.214 e. The van der Waals surface area contributed by atoms with Gasteiger partial charge in [0.25, 0.3) is 0 Å². The zero-order chi connectivity index (χ0) is 15.0. The average Bonchev–Trinajstić information content (AvgIpc) is 2.95. The van der Waals surface area contributed by atoms with Crippen LogP contribution in [0.1, 0.15) is 24.2 Å². The summed E-state index contributed by atoms with van der Waals surface area (Å²) in [6.07, 6.45) is 1.90. The smallest absolute Gasteiger partial charge is 0.214 e. The van der Waals surface area contributed by atoms with E-state index in [1.165, 1.54) is 10.4 Å². The number of halogens is 1. The Kier molecular flexibility index (Phi) is 3.59. The number of benzene rings is 1. The fourth-order valence-electron chi connectivity index (χ4n) is 2.84. The molecule has 2 aromatic rings. The summed E-state index contributed by atoms with van der Waals surface area (Å²) in [5, 5.41) is 0. The first-order chi connectivity index (χ1) is 10.0. The molecular weight excluding hydrogens is 291 g/mol. The number of hydrogen-bond donors (Lipinski definition) is 0. The van der Waals surface area contributed by atoms with E-state index in [0.717, 1.165) is 5.69 Å². The van der Waals surface area contributed by atoms with Gasteiger partial charge < -0.3 is 4.57 Å². The Hall–Kier alpha value is -1.66. The molecule has 0 N–H and O–H groups in total. The first-order valence-corrected chi connectivity index (χ1v) is 8.54. The van der Waals surface area contributed by atoms with Crippen LogP contribution >= 0.6 is 0 Å². The summed E-state index contributed by atoms with van der Waals surface area (Å²) in [5.74, 6) is -0.369. The first-order valence-electron chi connectivity index (χ1n) is 6.93. The molecule has 1 atom stereocenters. The Labute approximate surface area is 123 Å². The van der Waals surface area contributed by atoms with Crippen LogP contribution in [0.25, 0.3) is 0 Å². The Morgan fingerprint density at radius 1 is 1.19 bits per heavy atom. The Bertz CT molecular complexity index is 755. The average molecular weight is 308 g/mol. The number of rotatable bonds is 3. The topological polar surface area (TPSA) is 42.3 Å². The quantitative estimate of drug-likeness (QED) is 0.873. The van der Waals surface area contributed by atoms with Gasteiger partial charge in [-0.05, 0) is 25.1 Å². The fraction of sp³-hybridized carbons (Fsp3) is 0.333. The van der Waals surface area contributed by atoms with E-state index in [1.807, 2.05) is 22.9 Å². The van der Waals surface area contributed by atoms with Crippen LogP contribution in [-0.2, 0) is 16.6 Å². The van der Waals surface area contributed by atoms with Crippen molar-refractivity contribution in [3.05, 3.63) is 59.7 Å². The molecule has 4 nitrogen and oxygen atoms in total. The minimum atomic E-state index is -3.40. The van der Waals surface area contributed by atoms with Crippen LogP contribution in [0, 0.1) is 5.82 Å². The molecule has 2 heterocycles. The van der Waals surface area contributed by atoms with Crippen molar-refractivity contribution >= 4 is 10.0 Å². The van der Waals surface area contributed by atoms with Crippen LogP contribution in [0.4, 0.5) is 4.39 Å². The van der Waals surface area contributed by atoms with Gasteiger partial charge in [0.1, 0.15) is 5.82 Å². The number of nitrogens with zero attached hydrogens (tertiary/aromatic N) is 2. The van der Waals surface area contributed by atoms with E-state index in [2.05, 4.69) is 0 Å². The van der Waals surface area contributed by atoms with Crippen molar-refractivity contribution in [3.63, 3.8) is 0 Å². The molecule has 6 heteroatoms. The number of sulfonamides is 1. The Balaban J connectivity index is 2.18. The van der Waals surface area contributed by atoms with Crippen molar-refractivity contribution in [2.24, 2.45) is 0 Å². The van der Waals surface area contributed by atoms with E-state index in [1.54, 1.807) is 25.1 Å². The van der Waals surface area contributed by atoms with Crippen LogP contribution in [0.15, 0.2) is 42.6 Å². The predicted molar refractivity (Wildman–Crippen MR) is 78.8 cm³/mol. The van der Waals surface area contributed by atoms with Gasteiger partial charge in [-0.15, -0.1) is 0 Å². The van der Waals surface area contributed by atoms with Crippen LogP contribution < -0.4 is 0 Å². The summed E-state index contributed by atoms with van der Waals surface area (Å²) in [7, 11) is -3.40. The molecule has 0 amide bonds. The summed E-state index contributed by atoms with van der Waals surface area (Å²) < 4.78 is 42.4. The summed E-state index contributed by atoms with van der Waals surface area (Å²) >= 11 is 0. The molecule has 0 saturated heterocycles. The molecule has 0 saturated carbocycles. The van der Waals surface area contributed by atoms with Crippen molar-refractivity contribution in [1.82, 2.24) is 8.87 Å². The number of fused-ring (bicyclic) bond motifs is 1. The van der Waals surface area contributed by atoms with Gasteiger partial charge in [0.05, 0.1) is 11.8 Å². The summed E-state index contributed by atoms with van der Waals surface area (Å²) in [6.45, 7) is 2.56. The molecule has 1 aromatic carbocycles. The molecule has 1 aliphatic rings. The van der Waals surface area contributed by atoms with Crippen molar-refractivity contribution in [3.8, 4) is 0 Å². The van der Waals surface area contributed by atoms with E-state index in [4.69, 9.17) is 0 Å². The minimum absolute atomic E-state index is 0.0126. The van der Waals surface area contributed by atoms with Crippen molar-refractivity contribution in [2.45, 2.75) is 19.5 Å². The van der Waals surface area contributed by atoms with Gasteiger partial charge in [-0.25, -0.2) is 12.8 Å². The van der Waals surface area contributed by atoms with Crippen LogP contribution in [-0.4, -0.2) is 29.6 Å². The highest BCUT2D eigenvalue weighted by Crippen LogP contribution is 2.35. The monoisotopic (exact) mass is 308 g/mol. The minimum Gasteiger partial charge on any atom is -0.348 e. The van der Waals surface area contributed by atoms with Crippen LogP contribution in [0.2, 0.25) is 0 Å². The molecule has 1 aliphatic heterocycles. The fourth-order valence-corrected chi connectivity index (χ4v) is 4.07. The highest BCUT2D eigenvalue weighted by Gasteiger charge is 2.36. The SMILES string of the molecule is CCS(=O)(=O)N1CCn2cccc2C1c1ccccc1F. The first kappa shape index (κ1) is 14.3. The van der Waals surface area contributed by atoms with Crippen molar-refractivity contribution < 1.29 is 12.8 Å². The van der Waals surface area contributed by atoms with Gasteiger partial charge >= 0.3 is 0 Å². The van der Waals surface area contributed by atoms with Crippen molar-refractivity contribution in [2.75, 3.05) is 12.3 Å². The second-order valence-electron chi connectivity index (χ2n) is 5.06. The van der Waals surface area contributed by atoms with Crippen molar-refractivity contribution in [1.29, 1.82) is 0 Å². The lowest BCUT2D eigenvalue weighted by Gasteiger charge is -2.36. The maximum absolute atomic E-state index is 14.2. The van der Waals surface area contributed by atoms with Gasteiger partial charge in [0.2, 0.25) is 10.0 Å². The molecule has 1 unspecified atom stereocenters. The normalized spacial score (nSPS) is 19.4. The van der Waals surface area contributed by atoms with Gasteiger partial charge in [0.15, 0.2) is 0 Å². The zero-order valence-corrected chi connectivity index (χ0v) is 12.6. The third-order valence-electron chi connectivity index (χ3n) is 3.92. The molecule has 0 bridgehead atoms. The zero-order valence-electron chi connectivity index (χ0n) is 11.7. The number of aromatic nitrogens is 1. The number of hydrogen-bond acceptors (Lipinski definition) is 2. The molecule has 3 rings (SSSR count). The molecular formula is C15H17FN2O2S. The standard InChI is InChI=1S/C15H17FN2O2S/c1-2-21(19,20)18-11-10-17-9-5-8-14(17)15(18)12-6-3-4-7-13(12)16/h3-9,15H,2,10-11H2,1H3. The molecule has 0 fully saturated rings. The highest BCUT2D eigenvalue weighted by atomic mass is 32.2. The largest absolute Gasteiger partial charge is 0.348 e. The van der Waals surface area contributed by atoms with Crippen LogP contribution in [0.3, 0.4) is 0 Å². The molecule has 112 valence electrons.